The molecular formula is C16H11F2N. The van der Waals surface area contributed by atoms with E-state index in [9.17, 15) is 8.78 Å². The Hall–Kier alpha value is -2.29. The van der Waals surface area contributed by atoms with Gasteiger partial charge in [-0.25, -0.2) is 8.78 Å². The van der Waals surface area contributed by atoms with Gasteiger partial charge in [-0.05, 0) is 30.7 Å². The Bertz CT molecular complexity index is 766. The van der Waals surface area contributed by atoms with Gasteiger partial charge in [0.25, 0.3) is 0 Å². The van der Waals surface area contributed by atoms with Crippen molar-refractivity contribution in [3.8, 4) is 11.1 Å². The number of rotatable bonds is 1. The van der Waals surface area contributed by atoms with E-state index in [1.165, 1.54) is 6.07 Å². The smallest absolute Gasteiger partial charge is 0.166 e. The summed E-state index contributed by atoms with van der Waals surface area (Å²) in [5, 5.41) is 0.817. The van der Waals surface area contributed by atoms with E-state index in [0.29, 0.717) is 5.56 Å². The Balaban J connectivity index is 2.39. The number of pyridine rings is 1. The van der Waals surface area contributed by atoms with Crippen LogP contribution in [0.4, 0.5) is 8.78 Å². The van der Waals surface area contributed by atoms with Crippen LogP contribution in [0, 0.1) is 18.6 Å². The van der Waals surface area contributed by atoms with Crippen LogP contribution in [0.5, 0.6) is 0 Å². The van der Waals surface area contributed by atoms with Gasteiger partial charge in [-0.2, -0.15) is 0 Å². The second kappa shape index (κ2) is 4.43. The molecule has 0 aliphatic rings. The summed E-state index contributed by atoms with van der Waals surface area (Å²) in [5.74, 6) is -1.66. The lowest BCUT2D eigenvalue weighted by Gasteiger charge is -2.09. The van der Waals surface area contributed by atoms with Crippen LogP contribution in [0.3, 0.4) is 0 Å². The standard InChI is InChI=1S/C16H11F2N/c1-10-9-13(11-5-2-3-8-15(11)19-10)12-6-4-7-14(17)16(12)18/h2-9H,1H3. The molecule has 0 saturated heterocycles. The van der Waals surface area contributed by atoms with Crippen LogP contribution in [0.25, 0.3) is 22.0 Å². The molecule has 3 heteroatoms. The maximum absolute atomic E-state index is 14.0. The molecule has 19 heavy (non-hydrogen) atoms. The highest BCUT2D eigenvalue weighted by Crippen LogP contribution is 2.31. The minimum Gasteiger partial charge on any atom is -0.253 e. The minimum absolute atomic E-state index is 0.265. The number of aromatic nitrogens is 1. The van der Waals surface area contributed by atoms with Crippen LogP contribution in [0.1, 0.15) is 5.69 Å². The van der Waals surface area contributed by atoms with Crippen molar-refractivity contribution in [2.24, 2.45) is 0 Å². The number of aryl methyl sites for hydroxylation is 1. The van der Waals surface area contributed by atoms with Gasteiger partial charge in [0.05, 0.1) is 5.52 Å². The predicted molar refractivity (Wildman–Crippen MR) is 71.8 cm³/mol. The van der Waals surface area contributed by atoms with E-state index in [4.69, 9.17) is 0 Å². The molecule has 0 aliphatic heterocycles. The highest BCUT2D eigenvalue weighted by atomic mass is 19.2. The number of para-hydroxylation sites is 1. The van der Waals surface area contributed by atoms with E-state index in [-0.39, 0.29) is 5.56 Å². The molecule has 0 fully saturated rings. The van der Waals surface area contributed by atoms with Gasteiger partial charge in [-0.15, -0.1) is 0 Å². The van der Waals surface area contributed by atoms with Gasteiger partial charge in [0, 0.05) is 16.6 Å². The Morgan fingerprint density at radius 1 is 0.895 bits per heavy atom. The monoisotopic (exact) mass is 255 g/mol. The van der Waals surface area contributed by atoms with Crippen molar-refractivity contribution in [3.05, 3.63) is 65.9 Å². The third kappa shape index (κ3) is 1.97. The molecule has 0 atom stereocenters. The second-order valence-corrected chi connectivity index (χ2v) is 4.43. The summed E-state index contributed by atoms with van der Waals surface area (Å²) in [6, 6.07) is 13.5. The molecule has 1 aromatic heterocycles. The molecule has 3 rings (SSSR count). The van der Waals surface area contributed by atoms with Crippen LogP contribution >= 0.6 is 0 Å². The summed E-state index contributed by atoms with van der Waals surface area (Å²) in [5.41, 5.74) is 2.49. The minimum atomic E-state index is -0.837. The topological polar surface area (TPSA) is 12.9 Å². The van der Waals surface area contributed by atoms with E-state index in [1.807, 2.05) is 31.2 Å². The van der Waals surface area contributed by atoms with E-state index in [2.05, 4.69) is 4.98 Å². The first-order chi connectivity index (χ1) is 9.16. The highest BCUT2D eigenvalue weighted by molar-refractivity contribution is 5.94. The Morgan fingerprint density at radius 3 is 2.53 bits per heavy atom. The lowest BCUT2D eigenvalue weighted by Crippen LogP contribution is -1.93. The van der Waals surface area contributed by atoms with Crippen LogP contribution in [-0.2, 0) is 0 Å². The van der Waals surface area contributed by atoms with Crippen molar-refractivity contribution in [2.75, 3.05) is 0 Å². The highest BCUT2D eigenvalue weighted by Gasteiger charge is 2.13. The molecule has 0 unspecified atom stereocenters. The molecule has 0 amide bonds. The molecule has 0 N–H and O–H groups in total. The number of nitrogens with zero attached hydrogens (tertiary/aromatic N) is 1. The van der Waals surface area contributed by atoms with Gasteiger partial charge in [0.2, 0.25) is 0 Å². The summed E-state index contributed by atoms with van der Waals surface area (Å²) in [4.78, 5) is 4.40. The SMILES string of the molecule is Cc1cc(-c2cccc(F)c2F)c2ccccc2n1. The van der Waals surface area contributed by atoms with Crippen LogP contribution < -0.4 is 0 Å². The zero-order chi connectivity index (χ0) is 13.4. The Morgan fingerprint density at radius 2 is 1.68 bits per heavy atom. The van der Waals surface area contributed by atoms with Crippen molar-refractivity contribution < 1.29 is 8.78 Å². The number of fused-ring (bicyclic) bond motifs is 1. The molecule has 94 valence electrons. The number of benzene rings is 2. The van der Waals surface area contributed by atoms with Gasteiger partial charge in [-0.3, -0.25) is 4.98 Å². The zero-order valence-electron chi connectivity index (χ0n) is 10.3. The number of hydrogen-bond donors (Lipinski definition) is 0. The van der Waals surface area contributed by atoms with E-state index in [0.717, 1.165) is 22.7 Å². The fourth-order valence-corrected chi connectivity index (χ4v) is 2.24. The van der Waals surface area contributed by atoms with Crippen LogP contribution in [0.15, 0.2) is 48.5 Å². The Kier molecular flexibility index (Phi) is 2.75. The first kappa shape index (κ1) is 11.8. The first-order valence-electron chi connectivity index (χ1n) is 5.97. The quantitative estimate of drug-likeness (QED) is 0.624. The number of hydrogen-bond acceptors (Lipinski definition) is 1. The number of halogens is 2. The van der Waals surface area contributed by atoms with E-state index >= 15 is 0 Å². The Labute approximate surface area is 109 Å². The molecule has 3 aromatic rings. The zero-order valence-corrected chi connectivity index (χ0v) is 10.3. The van der Waals surface area contributed by atoms with Crippen molar-refractivity contribution >= 4 is 10.9 Å². The molecular weight excluding hydrogens is 244 g/mol. The molecule has 0 spiro atoms. The summed E-state index contributed by atoms with van der Waals surface area (Å²) >= 11 is 0. The summed E-state index contributed by atoms with van der Waals surface area (Å²) in [6.45, 7) is 1.84. The fraction of sp³-hybridized carbons (Fsp3) is 0.0625. The normalized spacial score (nSPS) is 10.9. The van der Waals surface area contributed by atoms with Gasteiger partial charge in [0.1, 0.15) is 0 Å². The summed E-state index contributed by atoms with van der Waals surface area (Å²) in [7, 11) is 0. The van der Waals surface area contributed by atoms with Crippen molar-refractivity contribution in [3.63, 3.8) is 0 Å². The summed E-state index contributed by atoms with van der Waals surface area (Å²) in [6.07, 6.45) is 0. The maximum Gasteiger partial charge on any atom is 0.166 e. The molecule has 2 aromatic carbocycles. The fourth-order valence-electron chi connectivity index (χ4n) is 2.24. The average Bonchev–Trinajstić information content (AvgIpc) is 2.41. The van der Waals surface area contributed by atoms with Crippen molar-refractivity contribution in [1.82, 2.24) is 4.98 Å². The van der Waals surface area contributed by atoms with Gasteiger partial charge in [0.15, 0.2) is 11.6 Å². The van der Waals surface area contributed by atoms with Crippen molar-refractivity contribution in [2.45, 2.75) is 6.92 Å². The molecule has 1 nitrogen and oxygen atoms in total. The lowest BCUT2D eigenvalue weighted by molar-refractivity contribution is 0.511. The lowest BCUT2D eigenvalue weighted by atomic mass is 9.99. The third-order valence-electron chi connectivity index (χ3n) is 3.09. The van der Waals surface area contributed by atoms with E-state index < -0.39 is 11.6 Å². The molecule has 0 bridgehead atoms. The largest absolute Gasteiger partial charge is 0.253 e. The maximum atomic E-state index is 14.0. The van der Waals surface area contributed by atoms with Crippen LogP contribution in [0.2, 0.25) is 0 Å². The van der Waals surface area contributed by atoms with Crippen LogP contribution in [-0.4, -0.2) is 4.98 Å². The average molecular weight is 255 g/mol. The predicted octanol–water partition coefficient (Wildman–Crippen LogP) is 4.49. The van der Waals surface area contributed by atoms with Crippen molar-refractivity contribution in [1.29, 1.82) is 0 Å². The molecule has 0 aliphatic carbocycles. The van der Waals surface area contributed by atoms with Gasteiger partial charge < -0.3 is 0 Å². The third-order valence-corrected chi connectivity index (χ3v) is 3.09. The molecule has 0 saturated carbocycles. The van der Waals surface area contributed by atoms with Gasteiger partial charge >= 0.3 is 0 Å². The molecule has 1 heterocycles. The van der Waals surface area contributed by atoms with Gasteiger partial charge in [-0.1, -0.05) is 30.3 Å². The second-order valence-electron chi connectivity index (χ2n) is 4.43. The first-order valence-corrected chi connectivity index (χ1v) is 5.97. The van der Waals surface area contributed by atoms with E-state index in [1.54, 1.807) is 12.1 Å². The summed E-state index contributed by atoms with van der Waals surface area (Å²) < 4.78 is 27.3. The molecule has 0 radical (unpaired) electrons.